The van der Waals surface area contributed by atoms with Crippen LogP contribution in [0.1, 0.15) is 21.5 Å². The molecule has 3 heteroatoms. The first kappa shape index (κ1) is 15.1. The third-order valence-corrected chi connectivity index (χ3v) is 3.48. The molecule has 0 fully saturated rings. The highest BCUT2D eigenvalue weighted by Gasteiger charge is 2.12. The fraction of sp³-hybridized carbons (Fsp3) is 0.278. The molecule has 110 valence electrons. The van der Waals surface area contributed by atoms with Crippen molar-refractivity contribution < 1.29 is 4.79 Å². The maximum Gasteiger partial charge on any atom is 0.253 e. The average Bonchev–Trinajstić information content (AvgIpc) is 2.47. The second-order valence-corrected chi connectivity index (χ2v) is 5.59. The second kappa shape index (κ2) is 6.44. The zero-order valence-corrected chi connectivity index (χ0v) is 13.1. The monoisotopic (exact) mass is 282 g/mol. The molecule has 0 unspecified atom stereocenters. The van der Waals surface area contributed by atoms with Crippen molar-refractivity contribution in [3.05, 3.63) is 65.2 Å². The minimum absolute atomic E-state index is 0.0513. The van der Waals surface area contributed by atoms with Crippen molar-refractivity contribution in [3.8, 4) is 0 Å². The Labute approximate surface area is 126 Å². The number of hydrogen-bond donors (Lipinski definition) is 0. The summed E-state index contributed by atoms with van der Waals surface area (Å²) in [6, 6.07) is 16.0. The van der Waals surface area contributed by atoms with Crippen molar-refractivity contribution in [2.45, 2.75) is 13.5 Å². The van der Waals surface area contributed by atoms with Gasteiger partial charge in [0.05, 0.1) is 0 Å². The first-order valence-electron chi connectivity index (χ1n) is 7.06. The summed E-state index contributed by atoms with van der Waals surface area (Å²) in [6.07, 6.45) is 0. The highest BCUT2D eigenvalue weighted by Crippen LogP contribution is 2.14. The minimum atomic E-state index is 0.0513. The lowest BCUT2D eigenvalue weighted by Gasteiger charge is -2.18. The smallest absolute Gasteiger partial charge is 0.253 e. The molecule has 0 aliphatic rings. The SMILES string of the molecule is Cc1cccc(C(=O)N(C)Cc2ccc(N(C)C)cc2)c1. The van der Waals surface area contributed by atoms with Gasteiger partial charge in [-0.15, -0.1) is 0 Å². The third kappa shape index (κ3) is 3.85. The van der Waals surface area contributed by atoms with Crippen LogP contribution in [0.15, 0.2) is 48.5 Å². The Morgan fingerprint density at radius 1 is 1.00 bits per heavy atom. The van der Waals surface area contributed by atoms with E-state index in [1.807, 2.05) is 52.3 Å². The number of benzene rings is 2. The summed E-state index contributed by atoms with van der Waals surface area (Å²) < 4.78 is 0. The van der Waals surface area contributed by atoms with E-state index in [4.69, 9.17) is 0 Å². The lowest BCUT2D eigenvalue weighted by atomic mass is 10.1. The van der Waals surface area contributed by atoms with Crippen molar-refractivity contribution >= 4 is 11.6 Å². The molecule has 0 aliphatic heterocycles. The molecule has 0 atom stereocenters. The van der Waals surface area contributed by atoms with Gasteiger partial charge >= 0.3 is 0 Å². The Morgan fingerprint density at radius 3 is 2.24 bits per heavy atom. The standard InChI is InChI=1S/C18H22N2O/c1-14-6-5-7-16(12-14)18(21)20(4)13-15-8-10-17(11-9-15)19(2)3/h5-12H,13H2,1-4H3. The van der Waals surface area contributed by atoms with E-state index in [0.717, 1.165) is 22.4 Å². The van der Waals surface area contributed by atoms with Gasteiger partial charge in [-0.2, -0.15) is 0 Å². The Bertz CT molecular complexity index is 617. The first-order chi connectivity index (χ1) is 9.97. The Kier molecular flexibility index (Phi) is 4.63. The zero-order chi connectivity index (χ0) is 15.4. The maximum atomic E-state index is 12.4. The molecule has 0 aromatic heterocycles. The molecule has 2 aromatic carbocycles. The molecule has 3 nitrogen and oxygen atoms in total. The number of anilines is 1. The molecule has 0 spiro atoms. The molecule has 2 rings (SSSR count). The van der Waals surface area contributed by atoms with Gasteiger partial charge in [0.15, 0.2) is 0 Å². The van der Waals surface area contributed by atoms with Crippen LogP contribution >= 0.6 is 0 Å². The molecule has 1 amide bonds. The molecule has 0 bridgehead atoms. The normalized spacial score (nSPS) is 10.3. The van der Waals surface area contributed by atoms with Gasteiger partial charge in [0.1, 0.15) is 0 Å². The van der Waals surface area contributed by atoms with Gasteiger partial charge in [0.2, 0.25) is 0 Å². The summed E-state index contributed by atoms with van der Waals surface area (Å²) in [6.45, 7) is 2.61. The van der Waals surface area contributed by atoms with E-state index in [2.05, 4.69) is 29.2 Å². The topological polar surface area (TPSA) is 23.6 Å². The average molecular weight is 282 g/mol. The third-order valence-electron chi connectivity index (χ3n) is 3.48. The van der Waals surface area contributed by atoms with E-state index >= 15 is 0 Å². The van der Waals surface area contributed by atoms with Gasteiger partial charge in [-0.25, -0.2) is 0 Å². The summed E-state index contributed by atoms with van der Waals surface area (Å²) >= 11 is 0. The Balaban J connectivity index is 2.07. The van der Waals surface area contributed by atoms with Gasteiger partial charge in [-0.3, -0.25) is 4.79 Å². The summed E-state index contributed by atoms with van der Waals surface area (Å²) in [7, 11) is 5.87. The molecule has 0 saturated carbocycles. The predicted molar refractivity (Wildman–Crippen MR) is 87.7 cm³/mol. The van der Waals surface area contributed by atoms with E-state index in [0.29, 0.717) is 6.54 Å². The van der Waals surface area contributed by atoms with E-state index in [1.54, 1.807) is 4.90 Å². The van der Waals surface area contributed by atoms with Crippen molar-refractivity contribution in [2.24, 2.45) is 0 Å². The fourth-order valence-corrected chi connectivity index (χ4v) is 2.24. The second-order valence-electron chi connectivity index (χ2n) is 5.59. The Morgan fingerprint density at radius 2 is 1.67 bits per heavy atom. The van der Waals surface area contributed by atoms with Crippen molar-refractivity contribution in [3.63, 3.8) is 0 Å². The lowest BCUT2D eigenvalue weighted by molar-refractivity contribution is 0.0785. The number of rotatable bonds is 4. The zero-order valence-electron chi connectivity index (χ0n) is 13.1. The van der Waals surface area contributed by atoms with Crippen LogP contribution in [-0.2, 0) is 6.54 Å². The highest BCUT2D eigenvalue weighted by molar-refractivity contribution is 5.94. The van der Waals surface area contributed by atoms with Crippen LogP contribution in [0.25, 0.3) is 0 Å². The molecule has 0 aliphatic carbocycles. The van der Waals surface area contributed by atoms with E-state index in [1.165, 1.54) is 0 Å². The molecule has 0 N–H and O–H groups in total. The van der Waals surface area contributed by atoms with Crippen LogP contribution in [0.3, 0.4) is 0 Å². The molecule has 0 radical (unpaired) electrons. The molecule has 21 heavy (non-hydrogen) atoms. The number of amides is 1. The van der Waals surface area contributed by atoms with Crippen molar-refractivity contribution in [1.82, 2.24) is 4.90 Å². The van der Waals surface area contributed by atoms with Crippen LogP contribution in [0, 0.1) is 6.92 Å². The fourth-order valence-electron chi connectivity index (χ4n) is 2.24. The molecule has 0 saturated heterocycles. The summed E-state index contributed by atoms with van der Waals surface area (Å²) in [4.78, 5) is 16.2. The number of hydrogen-bond acceptors (Lipinski definition) is 2. The number of carbonyl (C=O) groups is 1. The van der Waals surface area contributed by atoms with E-state index in [9.17, 15) is 4.79 Å². The van der Waals surface area contributed by atoms with Gasteiger partial charge < -0.3 is 9.80 Å². The minimum Gasteiger partial charge on any atom is -0.378 e. The summed E-state index contributed by atoms with van der Waals surface area (Å²) in [5.74, 6) is 0.0513. The van der Waals surface area contributed by atoms with E-state index < -0.39 is 0 Å². The lowest BCUT2D eigenvalue weighted by Crippen LogP contribution is -2.26. The largest absolute Gasteiger partial charge is 0.378 e. The molecular formula is C18H22N2O. The molecule has 2 aromatic rings. The van der Waals surface area contributed by atoms with Crippen LogP contribution in [-0.4, -0.2) is 32.0 Å². The van der Waals surface area contributed by atoms with Crippen molar-refractivity contribution in [1.29, 1.82) is 0 Å². The van der Waals surface area contributed by atoms with Crippen LogP contribution in [0.4, 0.5) is 5.69 Å². The van der Waals surface area contributed by atoms with Crippen LogP contribution in [0.2, 0.25) is 0 Å². The van der Waals surface area contributed by atoms with Gasteiger partial charge in [0.25, 0.3) is 5.91 Å². The molecular weight excluding hydrogens is 260 g/mol. The van der Waals surface area contributed by atoms with Gasteiger partial charge in [0, 0.05) is 38.9 Å². The van der Waals surface area contributed by atoms with Crippen molar-refractivity contribution in [2.75, 3.05) is 26.0 Å². The summed E-state index contributed by atoms with van der Waals surface area (Å²) in [5.41, 5.74) is 4.13. The number of nitrogens with zero attached hydrogens (tertiary/aromatic N) is 2. The van der Waals surface area contributed by atoms with Crippen LogP contribution < -0.4 is 4.90 Å². The first-order valence-corrected chi connectivity index (χ1v) is 7.06. The van der Waals surface area contributed by atoms with Gasteiger partial charge in [-0.1, -0.05) is 29.8 Å². The quantitative estimate of drug-likeness (QED) is 0.858. The molecule has 0 heterocycles. The highest BCUT2D eigenvalue weighted by atomic mass is 16.2. The number of carbonyl (C=O) groups excluding carboxylic acids is 1. The van der Waals surface area contributed by atoms with E-state index in [-0.39, 0.29) is 5.91 Å². The van der Waals surface area contributed by atoms with Gasteiger partial charge in [-0.05, 0) is 36.8 Å². The summed E-state index contributed by atoms with van der Waals surface area (Å²) in [5, 5.41) is 0. The number of aryl methyl sites for hydroxylation is 1. The Hall–Kier alpha value is -2.29. The predicted octanol–water partition coefficient (Wildman–Crippen LogP) is 3.33. The van der Waals surface area contributed by atoms with Crippen LogP contribution in [0.5, 0.6) is 0 Å². The maximum absolute atomic E-state index is 12.4.